The molecule has 0 saturated carbocycles. The summed E-state index contributed by atoms with van der Waals surface area (Å²) >= 11 is 0. The van der Waals surface area contributed by atoms with Gasteiger partial charge >= 0.3 is 0 Å². The molecular formula is C17H17NO2S. The molecule has 2 aromatic rings. The SMILES string of the molecule is [C-]#[N+]CC(CS(=O)(=O)c1ccc(C)cc1)c1ccccc1. The first-order valence-electron chi connectivity index (χ1n) is 6.70. The Kier molecular flexibility index (Phi) is 4.77. The molecule has 0 aliphatic rings. The molecule has 0 saturated heterocycles. The van der Waals surface area contributed by atoms with E-state index >= 15 is 0 Å². The van der Waals surface area contributed by atoms with E-state index in [9.17, 15) is 8.42 Å². The van der Waals surface area contributed by atoms with Crippen LogP contribution >= 0.6 is 0 Å². The number of nitrogens with zero attached hydrogens (tertiary/aromatic N) is 1. The molecule has 2 rings (SSSR count). The number of hydrogen-bond donors (Lipinski definition) is 0. The van der Waals surface area contributed by atoms with Crippen molar-refractivity contribution < 1.29 is 8.42 Å². The molecule has 108 valence electrons. The van der Waals surface area contributed by atoms with Crippen LogP contribution in [0.4, 0.5) is 0 Å². The minimum atomic E-state index is -3.39. The van der Waals surface area contributed by atoms with Crippen LogP contribution in [0.1, 0.15) is 17.0 Å². The molecular weight excluding hydrogens is 282 g/mol. The van der Waals surface area contributed by atoms with E-state index in [1.165, 1.54) is 0 Å². The van der Waals surface area contributed by atoms with Crippen LogP contribution in [0.15, 0.2) is 59.5 Å². The molecule has 4 heteroatoms. The third kappa shape index (κ3) is 3.93. The van der Waals surface area contributed by atoms with E-state index in [1.54, 1.807) is 24.3 Å². The van der Waals surface area contributed by atoms with Crippen molar-refractivity contribution in [3.05, 3.63) is 77.1 Å². The number of hydrogen-bond acceptors (Lipinski definition) is 2. The highest BCUT2D eigenvalue weighted by Crippen LogP contribution is 2.22. The van der Waals surface area contributed by atoms with Crippen molar-refractivity contribution in [1.29, 1.82) is 0 Å². The highest BCUT2D eigenvalue weighted by molar-refractivity contribution is 7.91. The highest BCUT2D eigenvalue weighted by Gasteiger charge is 2.24. The Morgan fingerprint density at radius 3 is 2.24 bits per heavy atom. The topological polar surface area (TPSA) is 38.5 Å². The molecule has 2 aromatic carbocycles. The Labute approximate surface area is 126 Å². The molecule has 0 heterocycles. The maximum Gasteiger partial charge on any atom is 0.222 e. The number of rotatable bonds is 5. The summed E-state index contributed by atoms with van der Waals surface area (Å²) < 4.78 is 25.0. The number of sulfone groups is 1. The van der Waals surface area contributed by atoms with Crippen molar-refractivity contribution in [2.45, 2.75) is 17.7 Å². The van der Waals surface area contributed by atoms with Gasteiger partial charge in [0.05, 0.1) is 16.6 Å². The van der Waals surface area contributed by atoms with Gasteiger partial charge in [0.15, 0.2) is 9.84 Å². The molecule has 0 aromatic heterocycles. The average Bonchev–Trinajstić information content (AvgIpc) is 2.48. The van der Waals surface area contributed by atoms with Gasteiger partial charge in [-0.25, -0.2) is 15.0 Å². The second kappa shape index (κ2) is 6.55. The van der Waals surface area contributed by atoms with Gasteiger partial charge in [0.1, 0.15) is 0 Å². The second-order valence-corrected chi connectivity index (χ2v) is 7.08. The maximum atomic E-state index is 12.5. The van der Waals surface area contributed by atoms with Gasteiger partial charge in [-0.05, 0) is 24.6 Å². The van der Waals surface area contributed by atoms with Crippen molar-refractivity contribution in [3.63, 3.8) is 0 Å². The first-order chi connectivity index (χ1) is 10.0. The summed E-state index contributed by atoms with van der Waals surface area (Å²) in [5, 5.41) is 0. The summed E-state index contributed by atoms with van der Waals surface area (Å²) in [7, 11) is -3.39. The van der Waals surface area contributed by atoms with E-state index in [-0.39, 0.29) is 18.2 Å². The van der Waals surface area contributed by atoms with Crippen LogP contribution in [0.2, 0.25) is 0 Å². The Morgan fingerprint density at radius 2 is 1.67 bits per heavy atom. The second-order valence-electron chi connectivity index (χ2n) is 5.04. The van der Waals surface area contributed by atoms with Crippen LogP contribution in [0.25, 0.3) is 4.85 Å². The molecule has 3 nitrogen and oxygen atoms in total. The average molecular weight is 299 g/mol. The van der Waals surface area contributed by atoms with Crippen molar-refractivity contribution in [1.82, 2.24) is 0 Å². The Hall–Kier alpha value is -2.12. The van der Waals surface area contributed by atoms with Crippen molar-refractivity contribution in [2.75, 3.05) is 12.3 Å². The highest BCUT2D eigenvalue weighted by atomic mass is 32.2. The van der Waals surface area contributed by atoms with Crippen molar-refractivity contribution in [3.8, 4) is 0 Å². The molecule has 0 spiro atoms. The van der Waals surface area contributed by atoms with Gasteiger partial charge in [0.25, 0.3) is 0 Å². The van der Waals surface area contributed by atoms with Gasteiger partial charge in [-0.1, -0.05) is 48.0 Å². The molecule has 0 aliphatic carbocycles. The number of aryl methyl sites for hydroxylation is 1. The van der Waals surface area contributed by atoms with E-state index < -0.39 is 9.84 Å². The minimum Gasteiger partial charge on any atom is -0.316 e. The van der Waals surface area contributed by atoms with Crippen LogP contribution in [-0.2, 0) is 9.84 Å². The lowest BCUT2D eigenvalue weighted by Crippen LogP contribution is -2.17. The molecule has 21 heavy (non-hydrogen) atoms. The van der Waals surface area contributed by atoms with Gasteiger partial charge < -0.3 is 4.85 Å². The van der Waals surface area contributed by atoms with Crippen LogP contribution in [0.5, 0.6) is 0 Å². The fraction of sp³-hybridized carbons (Fsp3) is 0.235. The first-order valence-corrected chi connectivity index (χ1v) is 8.36. The smallest absolute Gasteiger partial charge is 0.222 e. The molecule has 0 N–H and O–H groups in total. The summed E-state index contributed by atoms with van der Waals surface area (Å²) in [6.07, 6.45) is 0. The molecule has 0 radical (unpaired) electrons. The predicted molar refractivity (Wildman–Crippen MR) is 83.9 cm³/mol. The summed E-state index contributed by atoms with van der Waals surface area (Å²) in [5.74, 6) is -0.336. The molecule has 0 amide bonds. The van der Waals surface area contributed by atoms with Crippen molar-refractivity contribution in [2.24, 2.45) is 0 Å². The Morgan fingerprint density at radius 1 is 1.05 bits per heavy atom. The van der Waals surface area contributed by atoms with E-state index in [0.29, 0.717) is 4.90 Å². The van der Waals surface area contributed by atoms with Gasteiger partial charge in [-0.3, -0.25) is 0 Å². The Bertz CT molecular complexity index is 729. The lowest BCUT2D eigenvalue weighted by Gasteiger charge is -2.12. The summed E-state index contributed by atoms with van der Waals surface area (Å²) in [6.45, 7) is 9.15. The molecule has 1 unspecified atom stereocenters. The minimum absolute atomic E-state index is 0.0392. The molecule has 1 atom stereocenters. The monoisotopic (exact) mass is 299 g/mol. The maximum absolute atomic E-state index is 12.5. The molecule has 0 bridgehead atoms. The summed E-state index contributed by atoms with van der Waals surface area (Å²) in [5.41, 5.74) is 1.92. The van der Waals surface area contributed by atoms with E-state index in [0.717, 1.165) is 11.1 Å². The third-order valence-corrected chi connectivity index (χ3v) is 5.21. The molecule has 0 aliphatic heterocycles. The zero-order valence-electron chi connectivity index (χ0n) is 11.9. The zero-order valence-corrected chi connectivity index (χ0v) is 12.7. The van der Waals surface area contributed by atoms with Crippen molar-refractivity contribution >= 4 is 9.84 Å². The summed E-state index contributed by atoms with van der Waals surface area (Å²) in [4.78, 5) is 3.71. The molecule has 0 fully saturated rings. The van der Waals surface area contributed by atoms with Crippen LogP contribution in [-0.4, -0.2) is 20.7 Å². The normalized spacial score (nSPS) is 12.6. The van der Waals surface area contributed by atoms with E-state index in [4.69, 9.17) is 6.57 Å². The predicted octanol–water partition coefficient (Wildman–Crippen LogP) is 3.47. The third-order valence-electron chi connectivity index (χ3n) is 3.38. The fourth-order valence-electron chi connectivity index (χ4n) is 2.20. The number of benzene rings is 2. The van der Waals surface area contributed by atoms with Crippen LogP contribution < -0.4 is 0 Å². The van der Waals surface area contributed by atoms with Crippen LogP contribution in [0, 0.1) is 13.5 Å². The Balaban J connectivity index is 2.28. The lowest BCUT2D eigenvalue weighted by atomic mass is 10.0. The quantitative estimate of drug-likeness (QED) is 0.793. The van der Waals surface area contributed by atoms with E-state index in [2.05, 4.69) is 4.85 Å². The zero-order chi connectivity index (χ0) is 15.3. The standard InChI is InChI=1S/C17H17NO2S/c1-14-8-10-17(11-9-14)21(19,20)13-16(12-18-2)15-6-4-3-5-7-15/h3-11,16H,12-13H2,1H3. The van der Waals surface area contributed by atoms with Gasteiger partial charge in [-0.2, -0.15) is 0 Å². The lowest BCUT2D eigenvalue weighted by molar-refractivity contribution is 0.589. The first kappa shape index (κ1) is 15.3. The summed E-state index contributed by atoms with van der Waals surface area (Å²) in [6, 6.07) is 16.2. The van der Waals surface area contributed by atoms with E-state index in [1.807, 2.05) is 37.3 Å². The largest absolute Gasteiger partial charge is 0.316 e. The van der Waals surface area contributed by atoms with Gasteiger partial charge in [0, 0.05) is 0 Å². The van der Waals surface area contributed by atoms with Gasteiger partial charge in [-0.15, -0.1) is 0 Å². The van der Waals surface area contributed by atoms with Crippen LogP contribution in [0.3, 0.4) is 0 Å². The van der Waals surface area contributed by atoms with Gasteiger partial charge in [0.2, 0.25) is 6.54 Å². The fourth-order valence-corrected chi connectivity index (χ4v) is 3.77.